The zero-order valence-corrected chi connectivity index (χ0v) is 29.3. The maximum atomic E-state index is 14.2. The summed E-state index contributed by atoms with van der Waals surface area (Å²) in [7, 11) is 0. The van der Waals surface area contributed by atoms with Crippen molar-refractivity contribution in [1.29, 1.82) is 0 Å². The number of hydrogen-bond acceptors (Lipinski definition) is 6. The predicted octanol–water partition coefficient (Wildman–Crippen LogP) is 5.46. The summed E-state index contributed by atoms with van der Waals surface area (Å²) < 4.78 is 0. The van der Waals surface area contributed by atoms with E-state index in [-0.39, 0.29) is 18.4 Å². The molecule has 1 aliphatic rings. The van der Waals surface area contributed by atoms with Gasteiger partial charge in [0.25, 0.3) is 0 Å². The molecule has 1 aliphatic heterocycles. The molecule has 1 fully saturated rings. The lowest BCUT2D eigenvalue weighted by atomic mass is 9.84. The molecule has 2 aromatic carbocycles. The average molecular weight is 663 g/mol. The first kappa shape index (κ1) is 35.7. The summed E-state index contributed by atoms with van der Waals surface area (Å²) in [6.45, 7) is 11.2. The summed E-state index contributed by atoms with van der Waals surface area (Å²) >= 11 is 0. The van der Waals surface area contributed by atoms with E-state index in [2.05, 4.69) is 15.3 Å². The fourth-order valence-electron chi connectivity index (χ4n) is 6.57. The third-order valence-electron chi connectivity index (χ3n) is 9.13. The lowest BCUT2D eigenvalue weighted by Crippen LogP contribution is -2.57. The van der Waals surface area contributed by atoms with Crippen molar-refractivity contribution in [3.63, 3.8) is 0 Å². The van der Waals surface area contributed by atoms with Crippen molar-refractivity contribution in [2.24, 2.45) is 11.1 Å². The number of urea groups is 1. The molecule has 49 heavy (non-hydrogen) atoms. The number of carbonyl (C=O) groups excluding carboxylic acids is 2. The minimum Gasteiger partial charge on any atom is -0.391 e. The van der Waals surface area contributed by atoms with Gasteiger partial charge in [0.15, 0.2) is 0 Å². The van der Waals surface area contributed by atoms with Crippen molar-refractivity contribution >= 4 is 11.9 Å². The van der Waals surface area contributed by atoms with Gasteiger partial charge in [-0.15, -0.1) is 0 Å². The Morgan fingerprint density at radius 1 is 0.918 bits per heavy atom. The summed E-state index contributed by atoms with van der Waals surface area (Å²) in [6.07, 6.45) is 2.25. The first-order valence-corrected chi connectivity index (χ1v) is 17.2. The number of nitrogens with two attached hydrogens (primary N) is 1. The first-order chi connectivity index (χ1) is 23.4. The molecular formula is C40H50N6O3. The maximum Gasteiger partial charge on any atom is 0.321 e. The molecule has 1 saturated heterocycles. The number of benzene rings is 2. The SMILES string of the molecule is Cc1ccc(-c2ccc(C[C@H](N)[C@@H](O)C[C@H](Cc3ccccc3)NC(=O)C(N3CCN(Cc4cccc(C)n4)C3=O)C(C)(C)C)cc2)nc1. The number of rotatable bonds is 13. The quantitative estimate of drug-likeness (QED) is 0.175. The molecule has 4 aromatic rings. The number of amides is 3. The van der Waals surface area contributed by atoms with Gasteiger partial charge in [-0.05, 0) is 73.4 Å². The number of carbonyl (C=O) groups is 2. The van der Waals surface area contributed by atoms with E-state index in [0.717, 1.165) is 39.3 Å². The van der Waals surface area contributed by atoms with Crippen LogP contribution in [-0.2, 0) is 24.2 Å². The molecule has 3 heterocycles. The summed E-state index contributed by atoms with van der Waals surface area (Å²) in [5.74, 6) is -0.238. The molecule has 258 valence electrons. The highest BCUT2D eigenvalue weighted by atomic mass is 16.3. The third-order valence-corrected chi connectivity index (χ3v) is 9.13. The van der Waals surface area contributed by atoms with Crippen LogP contribution in [-0.4, -0.2) is 74.1 Å². The number of hydrogen-bond donors (Lipinski definition) is 3. The van der Waals surface area contributed by atoms with Crippen molar-refractivity contribution < 1.29 is 14.7 Å². The van der Waals surface area contributed by atoms with Crippen molar-refractivity contribution in [2.75, 3.05) is 13.1 Å². The van der Waals surface area contributed by atoms with E-state index in [9.17, 15) is 14.7 Å². The molecule has 0 saturated carbocycles. The number of pyridine rings is 2. The van der Waals surface area contributed by atoms with Crippen LogP contribution in [0.2, 0.25) is 0 Å². The molecule has 4 atom stereocenters. The van der Waals surface area contributed by atoms with E-state index in [4.69, 9.17) is 5.73 Å². The number of aliphatic hydroxyl groups is 1. The minimum absolute atomic E-state index is 0.177. The molecule has 0 spiro atoms. The summed E-state index contributed by atoms with van der Waals surface area (Å²) in [4.78, 5) is 40.4. The monoisotopic (exact) mass is 662 g/mol. The summed E-state index contributed by atoms with van der Waals surface area (Å²) in [5.41, 5.74) is 12.8. The van der Waals surface area contributed by atoms with Crippen LogP contribution >= 0.6 is 0 Å². The van der Waals surface area contributed by atoms with Gasteiger partial charge in [0.2, 0.25) is 5.91 Å². The molecule has 2 aromatic heterocycles. The number of nitrogens with one attached hydrogen (secondary N) is 1. The number of nitrogens with zero attached hydrogens (tertiary/aromatic N) is 4. The van der Waals surface area contributed by atoms with Gasteiger partial charge < -0.3 is 26.0 Å². The standard InChI is InChI=1S/C40H50N6O3/c1-27-14-19-35(42-25-27)31-17-15-30(16-18-31)23-34(41)36(47)24-33(22-29-11-7-6-8-12-29)44-38(48)37(40(3,4)5)46-21-20-45(39(46)49)26-32-13-9-10-28(2)43-32/h6-19,25,33-34,36-37,47H,20-24,26,41H2,1-5H3,(H,44,48)/t33-,34-,36-,37?/m0/s1. The fraction of sp³-hybridized carbons (Fsp3) is 0.400. The van der Waals surface area contributed by atoms with Crippen LogP contribution in [0, 0.1) is 19.3 Å². The van der Waals surface area contributed by atoms with Gasteiger partial charge in [-0.2, -0.15) is 0 Å². The van der Waals surface area contributed by atoms with Gasteiger partial charge in [0.05, 0.1) is 24.0 Å². The number of aliphatic hydroxyl groups excluding tert-OH is 1. The zero-order chi connectivity index (χ0) is 35.1. The Labute approximate surface area is 290 Å². The Bertz CT molecular complexity index is 1690. The van der Waals surface area contributed by atoms with E-state index in [1.165, 1.54) is 0 Å². The fourth-order valence-corrected chi connectivity index (χ4v) is 6.57. The lowest BCUT2D eigenvalue weighted by Gasteiger charge is -2.37. The van der Waals surface area contributed by atoms with Gasteiger partial charge in [-0.1, -0.05) is 87.5 Å². The van der Waals surface area contributed by atoms with Crippen LogP contribution in [0.5, 0.6) is 0 Å². The van der Waals surface area contributed by atoms with E-state index >= 15 is 0 Å². The van der Waals surface area contributed by atoms with Gasteiger partial charge >= 0.3 is 6.03 Å². The van der Waals surface area contributed by atoms with Crippen LogP contribution in [0.3, 0.4) is 0 Å². The Hall–Kier alpha value is -4.60. The zero-order valence-electron chi connectivity index (χ0n) is 29.3. The molecule has 1 unspecified atom stereocenters. The Morgan fingerprint density at radius 3 is 2.29 bits per heavy atom. The average Bonchev–Trinajstić information content (AvgIpc) is 3.40. The third kappa shape index (κ3) is 9.52. The van der Waals surface area contributed by atoms with Gasteiger partial charge in [-0.3, -0.25) is 14.8 Å². The highest BCUT2D eigenvalue weighted by molar-refractivity contribution is 5.89. The molecular weight excluding hydrogens is 612 g/mol. The molecule has 9 nitrogen and oxygen atoms in total. The molecule has 4 N–H and O–H groups in total. The predicted molar refractivity (Wildman–Crippen MR) is 194 cm³/mol. The Balaban J connectivity index is 1.27. The van der Waals surface area contributed by atoms with E-state index in [0.29, 0.717) is 32.5 Å². The molecule has 3 amide bonds. The van der Waals surface area contributed by atoms with Gasteiger partial charge in [-0.25, -0.2) is 4.79 Å². The molecule has 0 aliphatic carbocycles. The topological polar surface area (TPSA) is 125 Å². The van der Waals surface area contributed by atoms with Crippen LogP contribution in [0.15, 0.2) is 91.1 Å². The Morgan fingerprint density at radius 2 is 1.63 bits per heavy atom. The largest absolute Gasteiger partial charge is 0.391 e. The van der Waals surface area contributed by atoms with Crippen LogP contribution < -0.4 is 11.1 Å². The van der Waals surface area contributed by atoms with Gasteiger partial charge in [0, 0.05) is 42.6 Å². The highest BCUT2D eigenvalue weighted by Gasteiger charge is 2.44. The van der Waals surface area contributed by atoms with Gasteiger partial charge in [0.1, 0.15) is 6.04 Å². The second-order valence-electron chi connectivity index (χ2n) is 14.4. The lowest BCUT2D eigenvalue weighted by molar-refractivity contribution is -0.129. The normalized spacial score (nSPS) is 15.9. The van der Waals surface area contributed by atoms with Crippen molar-refractivity contribution in [2.45, 2.75) is 84.7 Å². The Kier molecular flexibility index (Phi) is 11.5. The smallest absolute Gasteiger partial charge is 0.321 e. The second-order valence-corrected chi connectivity index (χ2v) is 14.4. The highest BCUT2D eigenvalue weighted by Crippen LogP contribution is 2.29. The minimum atomic E-state index is -0.869. The van der Waals surface area contributed by atoms with Crippen LogP contribution in [0.1, 0.15) is 55.3 Å². The van der Waals surface area contributed by atoms with E-state index in [1.54, 1.807) is 9.80 Å². The van der Waals surface area contributed by atoms with E-state index in [1.807, 2.05) is 126 Å². The summed E-state index contributed by atoms with van der Waals surface area (Å²) in [6, 6.07) is 26.0. The van der Waals surface area contributed by atoms with Crippen molar-refractivity contribution in [3.05, 3.63) is 119 Å². The second kappa shape index (κ2) is 15.7. The molecule has 0 radical (unpaired) electrons. The van der Waals surface area contributed by atoms with Crippen molar-refractivity contribution in [3.8, 4) is 11.3 Å². The molecule has 9 heteroatoms. The summed E-state index contributed by atoms with van der Waals surface area (Å²) in [5, 5.41) is 14.6. The maximum absolute atomic E-state index is 14.2. The number of aromatic nitrogens is 2. The first-order valence-electron chi connectivity index (χ1n) is 17.2. The molecule has 0 bridgehead atoms. The van der Waals surface area contributed by atoms with Crippen molar-refractivity contribution in [1.82, 2.24) is 25.1 Å². The molecule has 5 rings (SSSR count). The van der Waals surface area contributed by atoms with Crippen LogP contribution in [0.4, 0.5) is 4.79 Å². The van der Waals surface area contributed by atoms with E-state index < -0.39 is 29.6 Å². The number of aryl methyl sites for hydroxylation is 2. The van der Waals surface area contributed by atoms with Crippen LogP contribution in [0.25, 0.3) is 11.3 Å².